The lowest BCUT2D eigenvalue weighted by atomic mass is 10.3. The number of ether oxygens (including phenoxy) is 1. The molecule has 0 aliphatic heterocycles. The molecule has 7 nitrogen and oxygen atoms in total. The van der Waals surface area contributed by atoms with Gasteiger partial charge in [0.05, 0.1) is 6.54 Å². The molecule has 0 aliphatic carbocycles. The summed E-state index contributed by atoms with van der Waals surface area (Å²) in [6, 6.07) is 7.02. The number of likely N-dealkylation sites (N-methyl/N-ethyl adjacent to an activating group) is 1. The van der Waals surface area contributed by atoms with Gasteiger partial charge in [0.15, 0.2) is 0 Å². The van der Waals surface area contributed by atoms with Crippen molar-refractivity contribution in [3.8, 4) is 5.75 Å². The second kappa shape index (κ2) is 6.14. The van der Waals surface area contributed by atoms with Gasteiger partial charge in [-0.2, -0.15) is 5.21 Å². The van der Waals surface area contributed by atoms with Crippen LogP contribution in [0, 0.1) is 0 Å². The lowest BCUT2D eigenvalue weighted by Gasteiger charge is -2.15. The van der Waals surface area contributed by atoms with Gasteiger partial charge >= 0.3 is 0 Å². The molecule has 0 atom stereocenters. The van der Waals surface area contributed by atoms with Crippen molar-refractivity contribution in [3.63, 3.8) is 0 Å². The number of carbonyl (C=O) groups is 1. The smallest absolute Gasteiger partial charge is 0.295 e. The summed E-state index contributed by atoms with van der Waals surface area (Å²) in [7, 11) is 1.64. The zero-order valence-electron chi connectivity index (χ0n) is 10.2. The molecule has 1 heterocycles. The van der Waals surface area contributed by atoms with Crippen LogP contribution in [0.5, 0.6) is 5.75 Å². The molecular weight excluding hydrogens is 270 g/mol. The first-order chi connectivity index (χ1) is 9.16. The number of nitrogens with one attached hydrogen (secondary N) is 1. The Kier molecular flexibility index (Phi) is 4.30. The van der Waals surface area contributed by atoms with Gasteiger partial charge in [0, 0.05) is 12.1 Å². The first-order valence-corrected chi connectivity index (χ1v) is 5.92. The largest absolute Gasteiger partial charge is 0.492 e. The van der Waals surface area contributed by atoms with Crippen LogP contribution in [-0.4, -0.2) is 51.6 Å². The van der Waals surface area contributed by atoms with Crippen LogP contribution in [0.2, 0.25) is 5.02 Å². The summed E-state index contributed by atoms with van der Waals surface area (Å²) < 4.78 is 5.48. The molecule has 0 unspecified atom stereocenters. The number of rotatable bonds is 5. The van der Waals surface area contributed by atoms with Gasteiger partial charge in [0.25, 0.3) is 11.7 Å². The number of benzene rings is 1. The van der Waals surface area contributed by atoms with E-state index in [9.17, 15) is 4.79 Å². The lowest BCUT2D eigenvalue weighted by molar-refractivity contribution is 0.0762. The first kappa shape index (κ1) is 13.3. The van der Waals surface area contributed by atoms with Gasteiger partial charge in [0.2, 0.25) is 0 Å². The van der Waals surface area contributed by atoms with Crippen LogP contribution in [0.4, 0.5) is 0 Å². The summed E-state index contributed by atoms with van der Waals surface area (Å²) in [6.07, 6.45) is 0. The fraction of sp³-hybridized carbons (Fsp3) is 0.273. The highest BCUT2D eigenvalue weighted by Crippen LogP contribution is 2.15. The molecule has 1 aromatic heterocycles. The van der Waals surface area contributed by atoms with Crippen LogP contribution in [0.1, 0.15) is 10.6 Å². The van der Waals surface area contributed by atoms with Gasteiger partial charge in [-0.3, -0.25) is 4.79 Å². The van der Waals surface area contributed by atoms with Crippen LogP contribution in [0.3, 0.4) is 0 Å². The van der Waals surface area contributed by atoms with Crippen molar-refractivity contribution in [1.82, 2.24) is 25.5 Å². The Morgan fingerprint density at radius 3 is 2.79 bits per heavy atom. The van der Waals surface area contributed by atoms with Crippen LogP contribution >= 0.6 is 11.6 Å². The fourth-order valence-electron chi connectivity index (χ4n) is 1.36. The highest BCUT2D eigenvalue weighted by Gasteiger charge is 2.15. The predicted octanol–water partition coefficient (Wildman–Crippen LogP) is 1.00. The normalized spacial score (nSPS) is 10.2. The summed E-state index contributed by atoms with van der Waals surface area (Å²) in [5.41, 5.74) is 0. The quantitative estimate of drug-likeness (QED) is 0.884. The summed E-state index contributed by atoms with van der Waals surface area (Å²) in [5.74, 6) is 0.423. The Labute approximate surface area is 114 Å². The monoisotopic (exact) mass is 281 g/mol. The number of tetrazole rings is 1. The third kappa shape index (κ3) is 3.65. The maximum atomic E-state index is 11.8. The second-order valence-corrected chi connectivity index (χ2v) is 4.20. The molecule has 1 aromatic carbocycles. The van der Waals surface area contributed by atoms with Crippen LogP contribution in [0.15, 0.2) is 24.3 Å². The molecular formula is C11H12ClN5O2. The highest BCUT2D eigenvalue weighted by atomic mass is 35.5. The van der Waals surface area contributed by atoms with Crippen molar-refractivity contribution in [2.45, 2.75) is 0 Å². The van der Waals surface area contributed by atoms with E-state index in [1.807, 2.05) is 0 Å². The van der Waals surface area contributed by atoms with E-state index in [0.29, 0.717) is 23.9 Å². The molecule has 19 heavy (non-hydrogen) atoms. The summed E-state index contributed by atoms with van der Waals surface area (Å²) in [6.45, 7) is 0.776. The third-order valence-electron chi connectivity index (χ3n) is 2.39. The van der Waals surface area contributed by atoms with Gasteiger partial charge in [0.1, 0.15) is 12.4 Å². The average Bonchev–Trinajstić information content (AvgIpc) is 2.94. The Balaban J connectivity index is 1.79. The third-order valence-corrected chi connectivity index (χ3v) is 2.64. The number of hydrogen-bond acceptors (Lipinski definition) is 5. The van der Waals surface area contributed by atoms with E-state index in [0.717, 1.165) is 0 Å². The highest BCUT2D eigenvalue weighted by molar-refractivity contribution is 6.30. The minimum absolute atomic E-state index is 0.0361. The summed E-state index contributed by atoms with van der Waals surface area (Å²) >= 11 is 5.76. The SMILES string of the molecule is CN(CCOc1ccc(Cl)cc1)C(=O)c1nn[nH]n1. The maximum absolute atomic E-state index is 11.8. The van der Waals surface area contributed by atoms with Gasteiger partial charge < -0.3 is 9.64 Å². The molecule has 2 rings (SSSR count). The number of halogens is 1. The lowest BCUT2D eigenvalue weighted by Crippen LogP contribution is -2.31. The van der Waals surface area contributed by atoms with Crippen molar-refractivity contribution >= 4 is 17.5 Å². The van der Waals surface area contributed by atoms with E-state index in [1.54, 1.807) is 31.3 Å². The maximum Gasteiger partial charge on any atom is 0.295 e. The minimum atomic E-state index is -0.312. The molecule has 1 amide bonds. The number of amides is 1. The van der Waals surface area contributed by atoms with E-state index in [2.05, 4.69) is 20.6 Å². The molecule has 8 heteroatoms. The van der Waals surface area contributed by atoms with E-state index in [1.165, 1.54) is 4.90 Å². The molecule has 0 saturated carbocycles. The number of H-pyrrole nitrogens is 1. The standard InChI is InChI=1S/C11H12ClN5O2/c1-17(11(18)10-13-15-16-14-10)6-7-19-9-4-2-8(12)3-5-9/h2-5H,6-7H2,1H3,(H,13,14,15,16). The van der Waals surface area contributed by atoms with Crippen molar-refractivity contribution in [1.29, 1.82) is 0 Å². The van der Waals surface area contributed by atoms with Crippen LogP contribution in [-0.2, 0) is 0 Å². The van der Waals surface area contributed by atoms with Gasteiger partial charge in [-0.15, -0.1) is 10.2 Å². The van der Waals surface area contributed by atoms with E-state index in [-0.39, 0.29) is 11.7 Å². The number of nitrogens with zero attached hydrogens (tertiary/aromatic N) is 4. The van der Waals surface area contributed by atoms with E-state index < -0.39 is 0 Å². The molecule has 0 spiro atoms. The molecule has 0 bridgehead atoms. The second-order valence-electron chi connectivity index (χ2n) is 3.76. The topological polar surface area (TPSA) is 84.0 Å². The Morgan fingerprint density at radius 1 is 1.42 bits per heavy atom. The number of hydrogen-bond donors (Lipinski definition) is 1. The molecule has 1 N–H and O–H groups in total. The van der Waals surface area contributed by atoms with Crippen LogP contribution < -0.4 is 4.74 Å². The van der Waals surface area contributed by atoms with E-state index in [4.69, 9.17) is 16.3 Å². The molecule has 100 valence electrons. The molecule has 0 fully saturated rings. The summed E-state index contributed by atoms with van der Waals surface area (Å²) in [4.78, 5) is 13.2. The van der Waals surface area contributed by atoms with E-state index >= 15 is 0 Å². The zero-order valence-corrected chi connectivity index (χ0v) is 11.0. The van der Waals surface area contributed by atoms with Crippen molar-refractivity contribution < 1.29 is 9.53 Å². The Hall–Kier alpha value is -2.15. The van der Waals surface area contributed by atoms with Crippen molar-refractivity contribution in [2.24, 2.45) is 0 Å². The molecule has 2 aromatic rings. The minimum Gasteiger partial charge on any atom is -0.492 e. The Morgan fingerprint density at radius 2 is 2.16 bits per heavy atom. The Bertz CT molecular complexity index is 529. The molecule has 0 saturated heterocycles. The van der Waals surface area contributed by atoms with Crippen molar-refractivity contribution in [3.05, 3.63) is 35.1 Å². The number of aromatic nitrogens is 4. The number of carbonyl (C=O) groups excluding carboxylic acids is 1. The van der Waals surface area contributed by atoms with Gasteiger partial charge in [-0.1, -0.05) is 11.6 Å². The number of aromatic amines is 1. The molecule has 0 aliphatic rings. The first-order valence-electron chi connectivity index (χ1n) is 5.54. The van der Waals surface area contributed by atoms with Gasteiger partial charge in [-0.25, -0.2) is 0 Å². The zero-order chi connectivity index (χ0) is 13.7. The van der Waals surface area contributed by atoms with Crippen LogP contribution in [0.25, 0.3) is 0 Å². The molecule has 0 radical (unpaired) electrons. The van der Waals surface area contributed by atoms with Crippen molar-refractivity contribution in [2.75, 3.05) is 20.2 Å². The van der Waals surface area contributed by atoms with Gasteiger partial charge in [-0.05, 0) is 29.5 Å². The fourth-order valence-corrected chi connectivity index (χ4v) is 1.48. The summed E-state index contributed by atoms with van der Waals surface area (Å²) in [5, 5.41) is 13.5. The predicted molar refractivity (Wildman–Crippen MR) is 68.1 cm³/mol. The average molecular weight is 282 g/mol.